The van der Waals surface area contributed by atoms with Gasteiger partial charge in [-0.3, -0.25) is 0 Å². The van der Waals surface area contributed by atoms with Crippen molar-refractivity contribution in [1.29, 1.82) is 0 Å². The number of benzene rings is 1. The minimum atomic E-state index is 0.496. The van der Waals surface area contributed by atoms with Crippen molar-refractivity contribution in [1.82, 2.24) is 4.98 Å². The second kappa shape index (κ2) is 4.18. The lowest BCUT2D eigenvalue weighted by atomic mass is 10.1. The number of nitrogens with one attached hydrogen (secondary N) is 1. The Bertz CT molecular complexity index is 484. The number of halogens is 1. The van der Waals surface area contributed by atoms with Gasteiger partial charge >= 0.3 is 0 Å². The number of aromatic nitrogens is 1. The monoisotopic (exact) mass is 294 g/mol. The lowest BCUT2D eigenvalue weighted by Crippen LogP contribution is -2.19. The molecule has 0 amide bonds. The molecular weight excluding hydrogens is 284 g/mol. The molecule has 16 heavy (non-hydrogen) atoms. The highest BCUT2D eigenvalue weighted by Crippen LogP contribution is 2.26. The number of hydrogen-bond donors (Lipinski definition) is 1. The molecule has 0 unspecified atom stereocenters. The number of rotatable bonds is 2. The molecule has 1 aromatic heterocycles. The smallest absolute Gasteiger partial charge is 0.183 e. The molecule has 1 aliphatic carbocycles. The predicted octanol–water partition coefficient (Wildman–Crippen LogP) is 3.48. The first-order valence-corrected chi connectivity index (χ1v) is 6.93. The van der Waals surface area contributed by atoms with Gasteiger partial charge in [-0.2, -0.15) is 0 Å². The summed E-state index contributed by atoms with van der Waals surface area (Å²) in [7, 11) is 0. The van der Waals surface area contributed by atoms with Crippen molar-refractivity contribution in [3.05, 3.63) is 45.4 Å². The van der Waals surface area contributed by atoms with Gasteiger partial charge in [0.15, 0.2) is 5.13 Å². The van der Waals surface area contributed by atoms with E-state index in [-0.39, 0.29) is 0 Å². The van der Waals surface area contributed by atoms with Gasteiger partial charge in [-0.15, -0.1) is 11.3 Å². The Labute approximate surface area is 107 Å². The van der Waals surface area contributed by atoms with Crippen molar-refractivity contribution in [2.24, 2.45) is 0 Å². The minimum absolute atomic E-state index is 0.496. The lowest BCUT2D eigenvalue weighted by molar-refractivity contribution is 0.772. The summed E-state index contributed by atoms with van der Waals surface area (Å²) in [6, 6.07) is 9.15. The van der Waals surface area contributed by atoms with Crippen LogP contribution in [0.2, 0.25) is 0 Å². The summed E-state index contributed by atoms with van der Waals surface area (Å²) >= 11 is 5.02. The molecule has 0 radical (unpaired) electrons. The van der Waals surface area contributed by atoms with E-state index in [1.165, 1.54) is 11.1 Å². The molecule has 82 valence electrons. The average molecular weight is 295 g/mol. The van der Waals surface area contributed by atoms with Crippen LogP contribution >= 0.6 is 27.3 Å². The second-order valence-electron chi connectivity index (χ2n) is 3.99. The van der Waals surface area contributed by atoms with E-state index in [2.05, 4.69) is 50.5 Å². The Balaban J connectivity index is 1.72. The molecule has 3 rings (SSSR count). The predicted molar refractivity (Wildman–Crippen MR) is 71.1 cm³/mol. The van der Waals surface area contributed by atoms with E-state index in [0.717, 1.165) is 22.6 Å². The average Bonchev–Trinajstić information content (AvgIpc) is 2.84. The van der Waals surface area contributed by atoms with Crippen LogP contribution in [0.15, 0.2) is 34.2 Å². The quantitative estimate of drug-likeness (QED) is 0.917. The van der Waals surface area contributed by atoms with E-state index in [0.29, 0.717) is 6.04 Å². The Hall–Kier alpha value is -0.870. The van der Waals surface area contributed by atoms with Crippen LogP contribution in [0, 0.1) is 0 Å². The molecule has 0 spiro atoms. The normalized spacial score (nSPS) is 15.1. The maximum absolute atomic E-state index is 4.36. The van der Waals surface area contributed by atoms with E-state index in [9.17, 15) is 0 Å². The number of hydrogen-bond acceptors (Lipinski definition) is 3. The third kappa shape index (κ3) is 1.99. The van der Waals surface area contributed by atoms with Crippen molar-refractivity contribution in [3.8, 4) is 0 Å². The summed E-state index contributed by atoms with van der Waals surface area (Å²) < 4.78 is 0.913. The molecule has 4 heteroatoms. The Morgan fingerprint density at radius 1 is 1.25 bits per heavy atom. The first-order valence-electron chi connectivity index (χ1n) is 5.25. The zero-order valence-electron chi connectivity index (χ0n) is 8.61. The molecule has 0 aliphatic heterocycles. The molecule has 2 aromatic rings. The third-order valence-corrected chi connectivity index (χ3v) is 4.34. The van der Waals surface area contributed by atoms with Gasteiger partial charge in [0.25, 0.3) is 0 Å². The SMILES string of the molecule is Brc1csc(NC2Cc3ccccc3C2)n1. The van der Waals surface area contributed by atoms with Crippen LogP contribution in [0.3, 0.4) is 0 Å². The van der Waals surface area contributed by atoms with Gasteiger partial charge in [-0.25, -0.2) is 4.98 Å². The lowest BCUT2D eigenvalue weighted by Gasteiger charge is -2.09. The molecule has 1 N–H and O–H groups in total. The highest BCUT2D eigenvalue weighted by atomic mass is 79.9. The van der Waals surface area contributed by atoms with Crippen LogP contribution in [-0.2, 0) is 12.8 Å². The van der Waals surface area contributed by atoms with Crippen molar-refractivity contribution in [2.75, 3.05) is 5.32 Å². The Morgan fingerprint density at radius 3 is 2.50 bits per heavy atom. The topological polar surface area (TPSA) is 24.9 Å². The fourth-order valence-corrected chi connectivity index (χ4v) is 3.38. The standard InChI is InChI=1S/C12H11BrN2S/c13-11-7-16-12(15-11)14-10-5-8-3-1-2-4-9(8)6-10/h1-4,7,10H,5-6H2,(H,14,15). The minimum Gasteiger partial charge on any atom is -0.358 e. The Morgan fingerprint density at radius 2 is 1.94 bits per heavy atom. The number of anilines is 1. The highest BCUT2D eigenvalue weighted by Gasteiger charge is 2.21. The maximum Gasteiger partial charge on any atom is 0.183 e. The summed E-state index contributed by atoms with van der Waals surface area (Å²) in [5, 5.41) is 6.49. The second-order valence-corrected chi connectivity index (χ2v) is 5.66. The highest BCUT2D eigenvalue weighted by molar-refractivity contribution is 9.10. The van der Waals surface area contributed by atoms with E-state index in [4.69, 9.17) is 0 Å². The molecule has 1 aliphatic rings. The summed E-state index contributed by atoms with van der Waals surface area (Å²) in [6.45, 7) is 0. The van der Waals surface area contributed by atoms with Gasteiger partial charge < -0.3 is 5.32 Å². The largest absolute Gasteiger partial charge is 0.358 e. The van der Waals surface area contributed by atoms with Gasteiger partial charge in [0.1, 0.15) is 4.60 Å². The van der Waals surface area contributed by atoms with Gasteiger partial charge in [-0.1, -0.05) is 24.3 Å². The maximum atomic E-state index is 4.36. The fraction of sp³-hybridized carbons (Fsp3) is 0.250. The van der Waals surface area contributed by atoms with E-state index < -0.39 is 0 Å². The fourth-order valence-electron chi connectivity index (χ4n) is 2.16. The van der Waals surface area contributed by atoms with Crippen molar-refractivity contribution in [2.45, 2.75) is 18.9 Å². The van der Waals surface area contributed by atoms with Crippen LogP contribution in [0.25, 0.3) is 0 Å². The molecule has 0 bridgehead atoms. The van der Waals surface area contributed by atoms with Gasteiger partial charge in [0.2, 0.25) is 0 Å². The van der Waals surface area contributed by atoms with Crippen LogP contribution in [-0.4, -0.2) is 11.0 Å². The van der Waals surface area contributed by atoms with Crippen LogP contribution in [0.5, 0.6) is 0 Å². The molecule has 0 saturated carbocycles. The molecule has 1 aromatic carbocycles. The molecule has 1 heterocycles. The van der Waals surface area contributed by atoms with Crippen molar-refractivity contribution in [3.63, 3.8) is 0 Å². The first-order chi connectivity index (χ1) is 7.81. The van der Waals surface area contributed by atoms with Crippen LogP contribution in [0.4, 0.5) is 5.13 Å². The van der Waals surface area contributed by atoms with E-state index in [1.807, 2.05) is 5.38 Å². The third-order valence-electron chi connectivity index (χ3n) is 2.85. The van der Waals surface area contributed by atoms with Gasteiger partial charge in [0, 0.05) is 11.4 Å². The number of nitrogens with zero attached hydrogens (tertiary/aromatic N) is 1. The number of fused-ring (bicyclic) bond motifs is 1. The summed E-state index contributed by atoms with van der Waals surface area (Å²) in [5.41, 5.74) is 2.94. The number of thiazole rings is 1. The summed E-state index contributed by atoms with van der Waals surface area (Å²) in [6.07, 6.45) is 2.21. The first kappa shape index (κ1) is 10.3. The summed E-state index contributed by atoms with van der Waals surface area (Å²) in [4.78, 5) is 4.36. The van der Waals surface area contributed by atoms with Gasteiger partial charge in [0.05, 0.1) is 0 Å². The molecule has 0 atom stereocenters. The molecule has 2 nitrogen and oxygen atoms in total. The Kier molecular flexibility index (Phi) is 2.69. The molecule has 0 fully saturated rings. The molecule has 0 saturated heterocycles. The van der Waals surface area contributed by atoms with E-state index in [1.54, 1.807) is 11.3 Å². The zero-order chi connectivity index (χ0) is 11.0. The van der Waals surface area contributed by atoms with Crippen molar-refractivity contribution < 1.29 is 0 Å². The summed E-state index contributed by atoms with van der Waals surface area (Å²) in [5.74, 6) is 0. The van der Waals surface area contributed by atoms with Crippen LogP contribution < -0.4 is 5.32 Å². The van der Waals surface area contributed by atoms with E-state index >= 15 is 0 Å². The van der Waals surface area contributed by atoms with Crippen LogP contribution in [0.1, 0.15) is 11.1 Å². The molecular formula is C12H11BrN2S. The zero-order valence-corrected chi connectivity index (χ0v) is 11.0. The van der Waals surface area contributed by atoms with Crippen molar-refractivity contribution >= 4 is 32.4 Å². The van der Waals surface area contributed by atoms with Gasteiger partial charge in [-0.05, 0) is 39.9 Å².